The van der Waals surface area contributed by atoms with E-state index in [0.717, 1.165) is 28.1 Å². The zero-order valence-corrected chi connectivity index (χ0v) is 10.6. The van der Waals surface area contributed by atoms with E-state index in [1.807, 2.05) is 53.1 Å². The minimum absolute atomic E-state index is 0.630. The van der Waals surface area contributed by atoms with Gasteiger partial charge in [-0.3, -0.25) is 4.40 Å². The lowest BCUT2D eigenvalue weighted by molar-refractivity contribution is 0.628. The van der Waals surface area contributed by atoms with E-state index in [-0.39, 0.29) is 0 Å². The highest BCUT2D eigenvalue weighted by Gasteiger charge is 2.12. The molecule has 3 heterocycles. The number of aromatic nitrogens is 2. The third kappa shape index (κ3) is 1.55. The third-order valence-electron chi connectivity index (χ3n) is 3.17. The maximum Gasteiger partial charge on any atom is 0.156 e. The summed E-state index contributed by atoms with van der Waals surface area (Å²) in [5.41, 5.74) is 2.50. The van der Waals surface area contributed by atoms with Crippen LogP contribution in [0.2, 0.25) is 5.02 Å². The van der Waals surface area contributed by atoms with Crippen LogP contribution in [0.1, 0.15) is 0 Å². The SMILES string of the molecule is Clc1cccn2c(-c3cc4ccccc4o3)cnc12. The maximum atomic E-state index is 6.12. The number of furan rings is 1. The van der Waals surface area contributed by atoms with Crippen LogP contribution in [-0.2, 0) is 0 Å². The second kappa shape index (κ2) is 3.87. The van der Waals surface area contributed by atoms with Crippen LogP contribution >= 0.6 is 11.6 Å². The van der Waals surface area contributed by atoms with Gasteiger partial charge in [0.2, 0.25) is 0 Å². The molecule has 0 aliphatic heterocycles. The Morgan fingerprint density at radius 1 is 1.11 bits per heavy atom. The lowest BCUT2D eigenvalue weighted by atomic mass is 10.2. The van der Waals surface area contributed by atoms with E-state index in [4.69, 9.17) is 16.0 Å². The van der Waals surface area contributed by atoms with Gasteiger partial charge < -0.3 is 4.42 Å². The van der Waals surface area contributed by atoms with E-state index in [1.54, 1.807) is 6.20 Å². The molecule has 4 aromatic rings. The Balaban J connectivity index is 2.01. The van der Waals surface area contributed by atoms with Gasteiger partial charge >= 0.3 is 0 Å². The van der Waals surface area contributed by atoms with Crippen molar-refractivity contribution in [1.29, 1.82) is 0 Å². The van der Waals surface area contributed by atoms with Crippen molar-refractivity contribution >= 4 is 28.2 Å². The number of rotatable bonds is 1. The normalized spacial score (nSPS) is 11.4. The lowest BCUT2D eigenvalue weighted by Gasteiger charge is -1.98. The number of nitrogens with zero attached hydrogens (tertiary/aromatic N) is 2. The van der Waals surface area contributed by atoms with Crippen LogP contribution in [0.15, 0.2) is 59.3 Å². The van der Waals surface area contributed by atoms with Crippen LogP contribution in [0.4, 0.5) is 0 Å². The molecule has 3 aromatic heterocycles. The number of para-hydroxylation sites is 1. The van der Waals surface area contributed by atoms with Crippen molar-refractivity contribution in [3.63, 3.8) is 0 Å². The fourth-order valence-corrected chi connectivity index (χ4v) is 2.48. The largest absolute Gasteiger partial charge is 0.454 e. The molecule has 3 nitrogen and oxygen atoms in total. The lowest BCUT2D eigenvalue weighted by Crippen LogP contribution is -1.86. The first-order valence-corrected chi connectivity index (χ1v) is 6.31. The summed E-state index contributed by atoms with van der Waals surface area (Å²) in [6.07, 6.45) is 3.70. The van der Waals surface area contributed by atoms with Crippen molar-refractivity contribution in [3.8, 4) is 11.5 Å². The highest BCUT2D eigenvalue weighted by molar-refractivity contribution is 6.33. The molecule has 4 heteroatoms. The summed E-state index contributed by atoms with van der Waals surface area (Å²) in [4.78, 5) is 4.34. The van der Waals surface area contributed by atoms with Gasteiger partial charge in [0.05, 0.1) is 11.2 Å². The van der Waals surface area contributed by atoms with Crippen LogP contribution in [0.3, 0.4) is 0 Å². The van der Waals surface area contributed by atoms with E-state index in [9.17, 15) is 0 Å². The standard InChI is InChI=1S/C15H9ClN2O/c16-11-5-3-7-18-12(9-17-15(11)18)14-8-10-4-1-2-6-13(10)19-14/h1-9H. The summed E-state index contributed by atoms with van der Waals surface area (Å²) in [5.74, 6) is 0.788. The highest BCUT2D eigenvalue weighted by Crippen LogP contribution is 2.29. The van der Waals surface area contributed by atoms with Crippen molar-refractivity contribution in [2.45, 2.75) is 0 Å². The first kappa shape index (κ1) is 10.6. The van der Waals surface area contributed by atoms with Crippen LogP contribution < -0.4 is 0 Å². The van der Waals surface area contributed by atoms with Crippen molar-refractivity contribution in [2.24, 2.45) is 0 Å². The van der Waals surface area contributed by atoms with E-state index >= 15 is 0 Å². The molecule has 19 heavy (non-hydrogen) atoms. The predicted octanol–water partition coefficient (Wildman–Crippen LogP) is 4.40. The molecule has 0 saturated carbocycles. The number of imidazole rings is 1. The van der Waals surface area contributed by atoms with E-state index < -0.39 is 0 Å². The average Bonchev–Trinajstić information content (AvgIpc) is 3.02. The molecular weight excluding hydrogens is 260 g/mol. The van der Waals surface area contributed by atoms with Crippen molar-refractivity contribution in [3.05, 3.63) is 59.9 Å². The zero-order valence-electron chi connectivity index (χ0n) is 9.88. The maximum absolute atomic E-state index is 6.12. The molecule has 0 bridgehead atoms. The van der Waals surface area contributed by atoms with Gasteiger partial charge in [-0.2, -0.15) is 0 Å². The Hall–Kier alpha value is -2.26. The molecule has 0 unspecified atom stereocenters. The molecule has 0 N–H and O–H groups in total. The molecule has 92 valence electrons. The summed E-state index contributed by atoms with van der Waals surface area (Å²) in [7, 11) is 0. The van der Waals surface area contributed by atoms with Gasteiger partial charge in [0.25, 0.3) is 0 Å². The Bertz CT molecular complexity index is 858. The number of fused-ring (bicyclic) bond motifs is 2. The van der Waals surface area contributed by atoms with Gasteiger partial charge in [0.1, 0.15) is 11.3 Å². The van der Waals surface area contributed by atoms with E-state index in [2.05, 4.69) is 4.98 Å². The quantitative estimate of drug-likeness (QED) is 0.512. The minimum Gasteiger partial charge on any atom is -0.454 e. The van der Waals surface area contributed by atoms with Gasteiger partial charge in [-0.15, -0.1) is 0 Å². The molecule has 1 aromatic carbocycles. The molecule has 0 amide bonds. The van der Waals surface area contributed by atoms with E-state index in [0.29, 0.717) is 5.02 Å². The molecule has 0 aliphatic carbocycles. The smallest absolute Gasteiger partial charge is 0.156 e. The summed E-state index contributed by atoms with van der Waals surface area (Å²) in [6.45, 7) is 0. The van der Waals surface area contributed by atoms with Gasteiger partial charge in [0, 0.05) is 11.6 Å². The summed E-state index contributed by atoms with van der Waals surface area (Å²) < 4.78 is 7.79. The fourth-order valence-electron chi connectivity index (χ4n) is 2.27. The fraction of sp³-hybridized carbons (Fsp3) is 0. The Labute approximate surface area is 114 Å². The first-order valence-electron chi connectivity index (χ1n) is 5.93. The Morgan fingerprint density at radius 2 is 2.00 bits per heavy atom. The predicted molar refractivity (Wildman–Crippen MR) is 75.4 cm³/mol. The average molecular weight is 269 g/mol. The molecule has 0 spiro atoms. The van der Waals surface area contributed by atoms with Crippen LogP contribution in [0, 0.1) is 0 Å². The van der Waals surface area contributed by atoms with Gasteiger partial charge in [-0.05, 0) is 24.3 Å². The monoisotopic (exact) mass is 268 g/mol. The zero-order chi connectivity index (χ0) is 12.8. The number of hydrogen-bond acceptors (Lipinski definition) is 2. The molecule has 0 aliphatic rings. The topological polar surface area (TPSA) is 30.4 Å². The highest BCUT2D eigenvalue weighted by atomic mass is 35.5. The number of hydrogen-bond donors (Lipinski definition) is 0. The van der Waals surface area contributed by atoms with Gasteiger partial charge in [-0.25, -0.2) is 4.98 Å². The summed E-state index contributed by atoms with van der Waals surface area (Å²) in [5, 5.41) is 1.71. The first-order chi connectivity index (χ1) is 9.33. The van der Waals surface area contributed by atoms with Crippen molar-refractivity contribution in [2.75, 3.05) is 0 Å². The van der Waals surface area contributed by atoms with Crippen molar-refractivity contribution in [1.82, 2.24) is 9.38 Å². The van der Waals surface area contributed by atoms with Gasteiger partial charge in [-0.1, -0.05) is 29.8 Å². The molecule has 0 atom stereocenters. The number of pyridine rings is 1. The van der Waals surface area contributed by atoms with Gasteiger partial charge in [0.15, 0.2) is 11.4 Å². The Kier molecular flexibility index (Phi) is 2.17. The molecular formula is C15H9ClN2O. The summed E-state index contributed by atoms with van der Waals surface area (Å²) >= 11 is 6.12. The number of benzene rings is 1. The van der Waals surface area contributed by atoms with Crippen LogP contribution in [0.5, 0.6) is 0 Å². The molecule has 0 fully saturated rings. The van der Waals surface area contributed by atoms with Crippen molar-refractivity contribution < 1.29 is 4.42 Å². The third-order valence-corrected chi connectivity index (χ3v) is 3.46. The molecule has 4 rings (SSSR count). The molecule has 0 saturated heterocycles. The van der Waals surface area contributed by atoms with Crippen LogP contribution in [0.25, 0.3) is 28.1 Å². The van der Waals surface area contributed by atoms with E-state index in [1.165, 1.54) is 0 Å². The molecule has 0 radical (unpaired) electrons. The second-order valence-electron chi connectivity index (χ2n) is 4.34. The Morgan fingerprint density at radius 3 is 2.89 bits per heavy atom. The van der Waals surface area contributed by atoms with Crippen LogP contribution in [-0.4, -0.2) is 9.38 Å². The number of halogens is 1. The summed E-state index contributed by atoms with van der Waals surface area (Å²) in [6, 6.07) is 13.7. The second-order valence-corrected chi connectivity index (χ2v) is 4.75. The minimum atomic E-state index is 0.630.